The maximum atomic E-state index is 9.49. The van der Waals surface area contributed by atoms with E-state index in [0.29, 0.717) is 0 Å². The van der Waals surface area contributed by atoms with Crippen LogP contribution in [0.15, 0.2) is 48.6 Å². The van der Waals surface area contributed by atoms with Crippen LogP contribution in [-0.2, 0) is 4.79 Å². The summed E-state index contributed by atoms with van der Waals surface area (Å²) in [4.78, 5) is 9.49. The Bertz CT molecular complexity index is 402. The molecule has 0 radical (unpaired) electrons. The first kappa shape index (κ1) is 20.1. The fourth-order valence-electron chi connectivity index (χ4n) is 0.910. The van der Waals surface area contributed by atoms with E-state index in [-0.39, 0.29) is 29.8 Å². The number of carboxylic acids is 1. The van der Waals surface area contributed by atoms with Gasteiger partial charge in [-0.25, -0.2) is 0 Å². The van der Waals surface area contributed by atoms with E-state index in [1.54, 1.807) is 0 Å². The van der Waals surface area contributed by atoms with E-state index < -0.39 is 5.97 Å². The maximum absolute atomic E-state index is 9.49. The standard InChI is InChI=1S/C12H16.C4H6O2.Li/c1-12(2,3)10-9-11-7-5-4-6-8-11;1-3(2)4(5)6;/h4-10H,1-3H3;1H2,2H3,(H,5,6);/q;;+1/p-1. The first-order chi connectivity index (χ1) is 8.22. The van der Waals surface area contributed by atoms with Gasteiger partial charge in [0, 0.05) is 0 Å². The Balaban J connectivity index is 0. The quantitative estimate of drug-likeness (QED) is 0.552. The number of rotatable bonds is 2. The Morgan fingerprint density at radius 3 is 1.95 bits per heavy atom. The summed E-state index contributed by atoms with van der Waals surface area (Å²) in [5.41, 5.74) is 1.61. The van der Waals surface area contributed by atoms with Crippen molar-refractivity contribution in [2.24, 2.45) is 5.41 Å². The van der Waals surface area contributed by atoms with Crippen molar-refractivity contribution in [3.8, 4) is 0 Å². The minimum Gasteiger partial charge on any atom is -0.545 e. The zero-order valence-electron chi connectivity index (χ0n) is 12.6. The van der Waals surface area contributed by atoms with E-state index in [4.69, 9.17) is 0 Å². The second-order valence-corrected chi connectivity index (χ2v) is 5.18. The van der Waals surface area contributed by atoms with Gasteiger partial charge in [-0.1, -0.05) is 69.8 Å². The largest absolute Gasteiger partial charge is 1.00 e. The number of allylic oxidation sites excluding steroid dienone is 1. The van der Waals surface area contributed by atoms with Crippen molar-refractivity contribution in [1.29, 1.82) is 0 Å². The Kier molecular flexibility index (Phi) is 10.2. The molecule has 19 heavy (non-hydrogen) atoms. The molecule has 1 aromatic carbocycles. The van der Waals surface area contributed by atoms with Gasteiger partial charge in [0.1, 0.15) is 0 Å². The Morgan fingerprint density at radius 2 is 1.63 bits per heavy atom. The van der Waals surface area contributed by atoms with Crippen LogP contribution in [0.3, 0.4) is 0 Å². The SMILES string of the molecule is C=C(C)C(=O)[O-].CC(C)(C)C=Cc1ccccc1.[Li+]. The topological polar surface area (TPSA) is 40.1 Å². The predicted octanol–water partition coefficient (Wildman–Crippen LogP) is 0.0623. The Labute approximate surface area is 128 Å². The molecule has 2 nitrogen and oxygen atoms in total. The summed E-state index contributed by atoms with van der Waals surface area (Å²) in [5.74, 6) is -1.19. The normalized spacial score (nSPS) is 10.1. The first-order valence-electron chi connectivity index (χ1n) is 5.83. The van der Waals surface area contributed by atoms with Crippen molar-refractivity contribution in [3.05, 3.63) is 54.1 Å². The second-order valence-electron chi connectivity index (χ2n) is 5.18. The third kappa shape index (κ3) is 13.0. The average molecular weight is 252 g/mol. The fourth-order valence-corrected chi connectivity index (χ4v) is 0.910. The summed E-state index contributed by atoms with van der Waals surface area (Å²) in [6.07, 6.45) is 4.39. The van der Waals surface area contributed by atoms with E-state index in [0.717, 1.165) is 0 Å². The van der Waals surface area contributed by atoms with Gasteiger partial charge >= 0.3 is 18.9 Å². The monoisotopic (exact) mass is 252 g/mol. The summed E-state index contributed by atoms with van der Waals surface area (Å²) in [5, 5.41) is 9.49. The molecule has 0 amide bonds. The van der Waals surface area contributed by atoms with Crippen LogP contribution in [0.5, 0.6) is 0 Å². The van der Waals surface area contributed by atoms with E-state index in [1.165, 1.54) is 12.5 Å². The van der Waals surface area contributed by atoms with E-state index >= 15 is 0 Å². The molecule has 0 unspecified atom stereocenters. The molecule has 0 heterocycles. The zero-order valence-corrected chi connectivity index (χ0v) is 12.6. The van der Waals surface area contributed by atoms with Crippen LogP contribution in [0.25, 0.3) is 6.08 Å². The third-order valence-electron chi connectivity index (χ3n) is 1.92. The molecular weight excluding hydrogens is 231 g/mol. The van der Waals surface area contributed by atoms with Crippen LogP contribution < -0.4 is 24.0 Å². The van der Waals surface area contributed by atoms with Crippen LogP contribution in [-0.4, -0.2) is 5.97 Å². The van der Waals surface area contributed by atoms with Crippen molar-refractivity contribution < 1.29 is 28.8 Å². The Morgan fingerprint density at radius 1 is 1.21 bits per heavy atom. The minimum absolute atomic E-state index is 0. The van der Waals surface area contributed by atoms with Crippen molar-refractivity contribution in [3.63, 3.8) is 0 Å². The molecule has 3 heteroatoms. The molecule has 0 aliphatic rings. The summed E-state index contributed by atoms with van der Waals surface area (Å²) in [6.45, 7) is 11.1. The molecule has 0 aliphatic carbocycles. The van der Waals surface area contributed by atoms with Gasteiger partial charge in [-0.05, 0) is 23.5 Å². The van der Waals surface area contributed by atoms with Crippen molar-refractivity contribution in [1.82, 2.24) is 0 Å². The molecule has 0 atom stereocenters. The number of benzene rings is 1. The molecule has 0 aliphatic heterocycles. The zero-order chi connectivity index (χ0) is 14.2. The van der Waals surface area contributed by atoms with Crippen LogP contribution in [0.2, 0.25) is 0 Å². The van der Waals surface area contributed by atoms with Crippen molar-refractivity contribution in [2.75, 3.05) is 0 Å². The maximum Gasteiger partial charge on any atom is 1.00 e. The van der Waals surface area contributed by atoms with Gasteiger partial charge in [-0.2, -0.15) is 0 Å². The molecular formula is C16H21LiO2. The summed E-state index contributed by atoms with van der Waals surface area (Å²) in [7, 11) is 0. The van der Waals surface area contributed by atoms with E-state index in [1.807, 2.05) is 6.07 Å². The Hall–Kier alpha value is -1.23. The average Bonchev–Trinajstić information content (AvgIpc) is 2.27. The molecule has 0 spiro atoms. The molecule has 0 saturated heterocycles. The smallest absolute Gasteiger partial charge is 0.545 e. The minimum atomic E-state index is -1.19. The predicted molar refractivity (Wildman–Crippen MR) is 74.8 cm³/mol. The molecule has 98 valence electrons. The van der Waals surface area contributed by atoms with E-state index in [2.05, 4.69) is 63.8 Å². The second kappa shape index (κ2) is 9.67. The summed E-state index contributed by atoms with van der Waals surface area (Å²) in [6, 6.07) is 10.4. The first-order valence-corrected chi connectivity index (χ1v) is 5.83. The van der Waals surface area contributed by atoms with Gasteiger partial charge in [0.2, 0.25) is 0 Å². The molecule has 1 rings (SSSR count). The number of carboxylic acid groups (broad SMARTS) is 1. The number of carbonyl (C=O) groups excluding carboxylic acids is 1. The van der Waals surface area contributed by atoms with Gasteiger partial charge < -0.3 is 9.90 Å². The fraction of sp³-hybridized carbons (Fsp3) is 0.312. The van der Waals surface area contributed by atoms with Gasteiger partial charge in [0.15, 0.2) is 0 Å². The molecule has 0 saturated carbocycles. The van der Waals surface area contributed by atoms with Gasteiger partial charge in [0.25, 0.3) is 0 Å². The number of hydrogen-bond donors (Lipinski definition) is 0. The number of aliphatic carboxylic acids is 1. The summed E-state index contributed by atoms with van der Waals surface area (Å²) < 4.78 is 0. The number of hydrogen-bond acceptors (Lipinski definition) is 2. The van der Waals surface area contributed by atoms with Crippen molar-refractivity contribution >= 4 is 12.0 Å². The van der Waals surface area contributed by atoms with Crippen molar-refractivity contribution in [2.45, 2.75) is 27.7 Å². The van der Waals surface area contributed by atoms with Crippen LogP contribution in [0, 0.1) is 5.41 Å². The van der Waals surface area contributed by atoms with Gasteiger partial charge in [0.05, 0.1) is 5.97 Å². The van der Waals surface area contributed by atoms with E-state index in [9.17, 15) is 9.90 Å². The molecule has 0 fully saturated rings. The van der Waals surface area contributed by atoms with Crippen LogP contribution in [0.1, 0.15) is 33.3 Å². The van der Waals surface area contributed by atoms with Crippen LogP contribution >= 0.6 is 0 Å². The van der Waals surface area contributed by atoms with Gasteiger partial charge in [-0.15, -0.1) is 0 Å². The molecule has 0 N–H and O–H groups in total. The molecule has 0 aromatic heterocycles. The summed E-state index contributed by atoms with van der Waals surface area (Å²) >= 11 is 0. The number of carbonyl (C=O) groups is 1. The molecule has 0 bridgehead atoms. The third-order valence-corrected chi connectivity index (χ3v) is 1.92. The molecule has 1 aromatic rings. The van der Waals surface area contributed by atoms with Crippen LogP contribution in [0.4, 0.5) is 0 Å². The van der Waals surface area contributed by atoms with Gasteiger partial charge in [-0.3, -0.25) is 0 Å².